The quantitative estimate of drug-likeness (QED) is 0.662. The van der Waals surface area contributed by atoms with Crippen LogP contribution in [0.2, 0.25) is 0 Å². The summed E-state index contributed by atoms with van der Waals surface area (Å²) in [5.74, 6) is 4.63. The smallest absolute Gasteiger partial charge is 0.234 e. The first-order valence-electron chi connectivity index (χ1n) is 4.94. The van der Waals surface area contributed by atoms with E-state index < -0.39 is 16.4 Å². The number of nitrogens with one attached hydrogen (secondary N) is 1. The van der Waals surface area contributed by atoms with Crippen LogP contribution in [0.3, 0.4) is 0 Å². The summed E-state index contributed by atoms with van der Waals surface area (Å²) in [5, 5.41) is 27.2. The van der Waals surface area contributed by atoms with Crippen LogP contribution in [0.25, 0.3) is 0 Å². The van der Waals surface area contributed by atoms with Gasteiger partial charge in [0.1, 0.15) is 17.4 Å². The largest absolute Gasteiger partial charge is 0.395 e. The molecule has 0 spiro atoms. The van der Waals surface area contributed by atoms with Gasteiger partial charge in [-0.2, -0.15) is 15.8 Å². The van der Waals surface area contributed by atoms with Crippen molar-refractivity contribution in [1.82, 2.24) is 13.9 Å². The second-order valence-electron chi connectivity index (χ2n) is 3.09. The van der Waals surface area contributed by atoms with Crippen molar-refractivity contribution in [2.24, 2.45) is 0 Å². The van der Waals surface area contributed by atoms with Crippen LogP contribution in [0.5, 0.6) is 5.75 Å². The maximum atomic E-state index is 9.20. The number of hydrogen-bond donors (Lipinski definition) is 1. The molecule has 1 heterocycles. The summed E-state index contributed by atoms with van der Waals surface area (Å²) in [4.78, 5) is 8.49. The summed E-state index contributed by atoms with van der Waals surface area (Å²) >= 11 is 0. The topological polar surface area (TPSA) is 99.1 Å². The fourth-order valence-corrected chi connectivity index (χ4v) is 6.38. The van der Waals surface area contributed by atoms with Crippen LogP contribution in [0.15, 0.2) is 30.3 Å². The summed E-state index contributed by atoms with van der Waals surface area (Å²) in [6, 6.07) is 9.00. The predicted molar refractivity (Wildman–Crippen MR) is 72.9 cm³/mol. The highest BCUT2D eigenvalue weighted by Crippen LogP contribution is 2.63. The van der Waals surface area contributed by atoms with Gasteiger partial charge in [-0.25, -0.2) is 9.30 Å². The van der Waals surface area contributed by atoms with Gasteiger partial charge < -0.3 is 4.84 Å². The molecule has 1 saturated heterocycles. The fraction of sp³-hybridized carbons (Fsp3) is 0. The SMILES string of the molecule is N#CN1P(C#N)NPN(Oc2ccccc2)P1C#N. The average Bonchev–Trinajstić information content (AvgIpc) is 2.47. The molecule has 1 fully saturated rings. The predicted octanol–water partition coefficient (Wildman–Crippen LogP) is 2.76. The molecule has 3 atom stereocenters. The Bertz CT molecular complexity index is 564. The zero-order valence-corrected chi connectivity index (χ0v) is 12.2. The average molecular weight is 308 g/mol. The highest BCUT2D eigenvalue weighted by molar-refractivity contribution is 7.82. The van der Waals surface area contributed by atoms with Crippen LogP contribution in [0, 0.1) is 33.6 Å². The van der Waals surface area contributed by atoms with Crippen molar-refractivity contribution in [3.05, 3.63) is 30.3 Å². The zero-order chi connectivity index (χ0) is 13.7. The minimum absolute atomic E-state index is 0.0375. The normalized spacial score (nSPS) is 24.2. The molecule has 3 unspecified atom stereocenters. The third-order valence-electron chi connectivity index (χ3n) is 2.00. The second-order valence-corrected chi connectivity index (χ2v) is 8.07. The van der Waals surface area contributed by atoms with Crippen molar-refractivity contribution in [2.45, 2.75) is 0 Å². The number of benzene rings is 1. The van der Waals surface area contributed by atoms with Crippen molar-refractivity contribution in [3.63, 3.8) is 0 Å². The van der Waals surface area contributed by atoms with Crippen LogP contribution in [0.4, 0.5) is 0 Å². The van der Waals surface area contributed by atoms with Crippen LogP contribution < -0.4 is 9.70 Å². The monoisotopic (exact) mass is 308 g/mol. The third-order valence-corrected chi connectivity index (χ3v) is 7.16. The molecule has 1 N–H and O–H groups in total. The minimum Gasteiger partial charge on any atom is -0.395 e. The second kappa shape index (κ2) is 6.60. The molecular formula is C9H7N6OP3. The number of hydrogen-bond acceptors (Lipinski definition) is 7. The van der Waals surface area contributed by atoms with Gasteiger partial charge in [0.2, 0.25) is 8.22 Å². The molecule has 19 heavy (non-hydrogen) atoms. The Morgan fingerprint density at radius 2 is 1.89 bits per heavy atom. The van der Waals surface area contributed by atoms with Crippen LogP contribution >= 0.6 is 25.3 Å². The molecule has 1 aromatic carbocycles. The minimum atomic E-state index is -1.62. The Morgan fingerprint density at radius 1 is 1.16 bits per heavy atom. The number of nitriles is 3. The van der Waals surface area contributed by atoms with E-state index in [9.17, 15) is 5.26 Å². The van der Waals surface area contributed by atoms with Crippen molar-refractivity contribution in [3.8, 4) is 23.6 Å². The molecular weight excluding hydrogens is 301 g/mol. The molecule has 0 radical (unpaired) electrons. The summed E-state index contributed by atoms with van der Waals surface area (Å²) in [7, 11) is -3.11. The molecule has 7 nitrogen and oxygen atoms in total. The maximum Gasteiger partial charge on any atom is 0.234 e. The van der Waals surface area contributed by atoms with Crippen LogP contribution in [0.1, 0.15) is 0 Å². The molecule has 10 heteroatoms. The van der Waals surface area contributed by atoms with Crippen molar-refractivity contribution >= 4 is 25.3 Å². The molecule has 0 aromatic heterocycles. The summed E-state index contributed by atoms with van der Waals surface area (Å²) in [5.41, 5.74) is 0. The van der Waals surface area contributed by atoms with E-state index in [1.807, 2.05) is 36.0 Å². The Morgan fingerprint density at radius 3 is 2.47 bits per heavy atom. The lowest BCUT2D eigenvalue weighted by molar-refractivity contribution is 0.141. The lowest BCUT2D eigenvalue weighted by Gasteiger charge is -2.36. The number of nitrogens with zero attached hydrogens (tertiary/aromatic N) is 5. The Labute approximate surface area is 114 Å². The molecule has 0 bridgehead atoms. The van der Waals surface area contributed by atoms with Crippen molar-refractivity contribution in [1.29, 1.82) is 15.8 Å². The van der Waals surface area contributed by atoms with E-state index in [1.165, 1.54) is 9.05 Å². The molecule has 0 saturated carbocycles. The summed E-state index contributed by atoms with van der Waals surface area (Å²) in [6.45, 7) is 0. The molecule has 94 valence electrons. The lowest BCUT2D eigenvalue weighted by Crippen LogP contribution is -2.28. The van der Waals surface area contributed by atoms with Gasteiger partial charge in [0.15, 0.2) is 14.4 Å². The first-order valence-corrected chi connectivity index (χ1v) is 8.43. The Balaban J connectivity index is 2.17. The Hall–Kier alpha value is -1.50. The molecule has 1 aliphatic rings. The van der Waals surface area contributed by atoms with Crippen LogP contribution in [-0.4, -0.2) is 9.05 Å². The first-order chi connectivity index (χ1) is 9.30. The van der Waals surface area contributed by atoms with Gasteiger partial charge in [0.25, 0.3) is 0 Å². The lowest BCUT2D eigenvalue weighted by atomic mass is 10.3. The summed E-state index contributed by atoms with van der Waals surface area (Å²) in [6.07, 6.45) is 1.89. The van der Waals surface area contributed by atoms with E-state index in [-0.39, 0.29) is 8.88 Å². The van der Waals surface area contributed by atoms with Gasteiger partial charge in [-0.3, -0.25) is 0 Å². The van der Waals surface area contributed by atoms with Gasteiger partial charge in [0.05, 0.1) is 8.88 Å². The third kappa shape index (κ3) is 3.09. The van der Waals surface area contributed by atoms with Gasteiger partial charge in [0, 0.05) is 0 Å². The highest BCUT2D eigenvalue weighted by atomic mass is 31.2. The van der Waals surface area contributed by atoms with Gasteiger partial charge in [-0.05, 0) is 12.1 Å². The van der Waals surface area contributed by atoms with E-state index in [1.54, 1.807) is 12.1 Å². The van der Waals surface area contributed by atoms with Crippen LogP contribution in [-0.2, 0) is 0 Å². The highest BCUT2D eigenvalue weighted by Gasteiger charge is 2.39. The van der Waals surface area contributed by atoms with E-state index in [4.69, 9.17) is 15.4 Å². The maximum absolute atomic E-state index is 9.20. The van der Waals surface area contributed by atoms with Gasteiger partial charge in [-0.15, -0.1) is 0 Å². The zero-order valence-electron chi connectivity index (χ0n) is 9.43. The number of para-hydroxylation sites is 1. The number of rotatable bonds is 2. The van der Waals surface area contributed by atoms with E-state index in [2.05, 4.69) is 4.86 Å². The standard InChI is InChI=1S/C9H7N6OP3/c10-6-14-18(7-11)13-17-15(19(14)8-12)16-9-4-2-1-3-5-9/h1-5,13,17H. The van der Waals surface area contributed by atoms with Crippen molar-refractivity contribution in [2.75, 3.05) is 0 Å². The van der Waals surface area contributed by atoms with Crippen molar-refractivity contribution < 1.29 is 4.84 Å². The van der Waals surface area contributed by atoms with Gasteiger partial charge >= 0.3 is 0 Å². The van der Waals surface area contributed by atoms with E-state index >= 15 is 0 Å². The fourth-order valence-electron chi connectivity index (χ4n) is 1.23. The van der Waals surface area contributed by atoms with E-state index in [0.717, 1.165) is 0 Å². The molecule has 1 aliphatic heterocycles. The Kier molecular flexibility index (Phi) is 4.84. The van der Waals surface area contributed by atoms with E-state index in [0.29, 0.717) is 5.75 Å². The molecule has 1 aromatic rings. The first kappa shape index (κ1) is 13.9. The molecule has 0 aliphatic carbocycles. The van der Waals surface area contributed by atoms with Gasteiger partial charge in [-0.1, -0.05) is 22.8 Å². The summed E-state index contributed by atoms with van der Waals surface area (Å²) < 4.78 is 2.61. The molecule has 2 rings (SSSR count). The molecule has 0 amide bonds.